The topological polar surface area (TPSA) is 72.4 Å². The molecule has 0 unspecified atom stereocenters. The fourth-order valence-corrected chi connectivity index (χ4v) is 1.11. The van der Waals surface area contributed by atoms with E-state index in [1.54, 1.807) is 12.1 Å². The molecule has 0 aromatic heterocycles. The molecule has 0 heterocycles. The van der Waals surface area contributed by atoms with E-state index < -0.39 is 7.82 Å². The van der Waals surface area contributed by atoms with Gasteiger partial charge in [0.25, 0.3) is 0 Å². The number of aryl methyl sites for hydroxylation is 1. The van der Waals surface area contributed by atoms with Crippen LogP contribution >= 0.6 is 7.82 Å². The summed E-state index contributed by atoms with van der Waals surface area (Å²) in [5, 5.41) is 0. The maximum Gasteiger partial charge on any atom is 2.00 e. The van der Waals surface area contributed by atoms with Crippen LogP contribution in [0.4, 0.5) is 0 Å². The Bertz CT molecular complexity index is 317. The molecule has 1 aromatic carbocycles. The van der Waals surface area contributed by atoms with Gasteiger partial charge in [-0.1, -0.05) is 17.7 Å². The van der Waals surface area contributed by atoms with Crippen LogP contribution in [0, 0.1) is 6.92 Å². The molecule has 0 aliphatic carbocycles. The Morgan fingerprint density at radius 1 is 1.06 bits per heavy atom. The number of benzene rings is 1. The molecule has 0 saturated heterocycles. The van der Waals surface area contributed by atoms with E-state index in [9.17, 15) is 14.4 Å². The third-order valence-electron chi connectivity index (χ3n) is 1.24. The molecule has 16 heavy (non-hydrogen) atoms. The average molecular weight is 306 g/mol. The quantitative estimate of drug-likeness (QED) is 0.402. The van der Waals surface area contributed by atoms with Crippen molar-refractivity contribution in [1.29, 1.82) is 0 Å². The third kappa shape index (κ3) is 11.8. The van der Waals surface area contributed by atoms with Crippen LogP contribution in [0.15, 0.2) is 24.3 Å². The second kappa shape index (κ2) is 11.4. The van der Waals surface area contributed by atoms with Gasteiger partial charge in [-0.3, -0.25) is 0 Å². The van der Waals surface area contributed by atoms with Crippen LogP contribution in [0.25, 0.3) is 0 Å². The van der Waals surface area contributed by atoms with Gasteiger partial charge >= 0.3 is 46.1 Å². The van der Waals surface area contributed by atoms with Crippen molar-refractivity contribution in [2.45, 2.75) is 6.92 Å². The van der Waals surface area contributed by atoms with Crippen molar-refractivity contribution in [2.75, 3.05) is 0 Å². The second-order valence-corrected chi connectivity index (χ2v) is 3.43. The molecule has 0 saturated carbocycles. The predicted molar refractivity (Wildman–Crippen MR) is 50.9 cm³/mol. The first-order valence-corrected chi connectivity index (χ1v) is 4.72. The van der Waals surface area contributed by atoms with Crippen molar-refractivity contribution >= 4 is 53.9 Å². The molecular weight excluding hydrogens is 299 g/mol. The Labute approximate surface area is 139 Å². The van der Waals surface area contributed by atoms with E-state index >= 15 is 0 Å². The summed E-state index contributed by atoms with van der Waals surface area (Å²) in [6.45, 7) is 1.85. The van der Waals surface area contributed by atoms with Gasteiger partial charge in [0, 0.05) is 0 Å². The summed E-state index contributed by atoms with van der Waals surface area (Å²) in [6.07, 6.45) is 0. The minimum Gasteiger partial charge on any atom is -1.00 e. The number of phosphoric acid groups is 1. The molecule has 0 aliphatic heterocycles. The summed E-state index contributed by atoms with van der Waals surface area (Å²) < 4.78 is 14.2. The van der Waals surface area contributed by atoms with Crippen LogP contribution in [-0.2, 0) is 4.57 Å². The Hall–Kier alpha value is 1.28. The van der Waals surface area contributed by atoms with Crippen molar-refractivity contribution < 1.29 is 43.7 Å². The van der Waals surface area contributed by atoms with Crippen LogP contribution in [0.1, 0.15) is 5.56 Å². The van der Waals surface area contributed by atoms with Crippen molar-refractivity contribution in [2.24, 2.45) is 0 Å². The monoisotopic (exact) mass is 304 g/mol. The summed E-state index contributed by atoms with van der Waals surface area (Å²) in [6, 6.07) is 6.17. The molecule has 0 aliphatic rings. The Kier molecular flexibility index (Phi) is 18.5. The number of phosphoric ester groups is 1. The molecule has 4 nitrogen and oxygen atoms in total. The Morgan fingerprint density at radius 3 is 1.75 bits per heavy atom. The number of hydrogen-bond acceptors (Lipinski definition) is 4. The van der Waals surface area contributed by atoms with Crippen LogP contribution in [0.3, 0.4) is 0 Å². The van der Waals surface area contributed by atoms with E-state index in [0.717, 1.165) is 5.56 Å². The first-order valence-electron chi connectivity index (χ1n) is 3.26. The maximum atomic E-state index is 10.1. The Morgan fingerprint density at radius 2 is 1.44 bits per heavy atom. The fraction of sp³-hybridized carbons (Fsp3) is 0.143. The van der Waals surface area contributed by atoms with E-state index in [1.807, 2.05) is 6.92 Å². The summed E-state index contributed by atoms with van der Waals surface area (Å²) in [7, 11) is -4.90. The first kappa shape index (κ1) is 26.0. The molecule has 0 amide bonds. The molecule has 1 aromatic rings. The summed E-state index contributed by atoms with van der Waals surface area (Å²) in [4.78, 5) is 20.3. The molecule has 1 rings (SSSR count). The minimum absolute atomic E-state index is 0. The van der Waals surface area contributed by atoms with Crippen LogP contribution in [0.2, 0.25) is 0 Å². The van der Waals surface area contributed by atoms with E-state index in [-0.39, 0.29) is 76.7 Å². The van der Waals surface area contributed by atoms with Gasteiger partial charge in [0.05, 0.1) is 0 Å². The molecular formula is C7H7Cl2Mg2O4P. The normalized spacial score (nSPS) is 8.44. The third-order valence-corrected chi connectivity index (χ3v) is 1.67. The average Bonchev–Trinajstić information content (AvgIpc) is 1.91. The van der Waals surface area contributed by atoms with E-state index in [2.05, 4.69) is 4.52 Å². The van der Waals surface area contributed by atoms with Gasteiger partial charge in [0.1, 0.15) is 13.6 Å². The van der Waals surface area contributed by atoms with Gasteiger partial charge in [-0.05, 0) is 19.1 Å². The largest absolute Gasteiger partial charge is 2.00 e. The van der Waals surface area contributed by atoms with E-state index in [0.29, 0.717) is 0 Å². The predicted octanol–water partition coefficient (Wildman–Crippen LogP) is -6.55. The van der Waals surface area contributed by atoms with Gasteiger partial charge in [0.2, 0.25) is 0 Å². The standard InChI is InChI=1S/C7H9O4P.2ClH.2Mg/c1-6-2-4-7(5-3-6)11-12(8,9)10;;;;/h2-5H,1H3,(H2,8,9,10);2*1H;;/q;;;2*+2/p-4. The summed E-state index contributed by atoms with van der Waals surface area (Å²) in [5.74, 6) is 0.0499. The molecule has 0 spiro atoms. The van der Waals surface area contributed by atoms with Gasteiger partial charge in [-0.2, -0.15) is 0 Å². The maximum absolute atomic E-state index is 10.1. The summed E-state index contributed by atoms with van der Waals surface area (Å²) >= 11 is 0. The fourth-order valence-electron chi connectivity index (χ4n) is 0.728. The molecule has 0 radical (unpaired) electrons. The molecule has 0 bridgehead atoms. The SMILES string of the molecule is Cc1ccc(OP(=O)([O-])[O-])cc1.[Cl-].[Cl-].[Mg+2].[Mg+2]. The first-order chi connectivity index (χ1) is 5.47. The Balaban J connectivity index is -0.000000180. The number of halogens is 2. The molecule has 82 valence electrons. The summed E-state index contributed by atoms with van der Waals surface area (Å²) in [5.41, 5.74) is 0.967. The minimum atomic E-state index is -4.90. The zero-order valence-corrected chi connectivity index (χ0v) is 13.8. The van der Waals surface area contributed by atoms with E-state index in [1.165, 1.54) is 12.1 Å². The van der Waals surface area contributed by atoms with Gasteiger partial charge in [-0.25, -0.2) is 0 Å². The van der Waals surface area contributed by atoms with Gasteiger partial charge in [-0.15, -0.1) is 0 Å². The molecule has 0 atom stereocenters. The van der Waals surface area contributed by atoms with Crippen LogP contribution in [0.5, 0.6) is 5.75 Å². The smallest absolute Gasteiger partial charge is 1.00 e. The molecule has 9 heteroatoms. The van der Waals surface area contributed by atoms with Crippen LogP contribution < -0.4 is 39.1 Å². The van der Waals surface area contributed by atoms with E-state index in [4.69, 9.17) is 0 Å². The van der Waals surface area contributed by atoms with Crippen molar-refractivity contribution in [3.8, 4) is 5.75 Å². The van der Waals surface area contributed by atoms with Crippen molar-refractivity contribution in [1.82, 2.24) is 0 Å². The number of rotatable bonds is 2. The van der Waals surface area contributed by atoms with Crippen molar-refractivity contribution in [3.05, 3.63) is 29.8 Å². The van der Waals surface area contributed by atoms with Gasteiger partial charge in [0.15, 0.2) is 0 Å². The zero-order valence-electron chi connectivity index (χ0n) is 8.56. The number of hydrogen-bond donors (Lipinski definition) is 0. The van der Waals surface area contributed by atoms with Crippen molar-refractivity contribution in [3.63, 3.8) is 0 Å². The van der Waals surface area contributed by atoms with Crippen LogP contribution in [-0.4, -0.2) is 46.1 Å². The molecule has 0 fully saturated rings. The second-order valence-electron chi connectivity index (χ2n) is 2.35. The van der Waals surface area contributed by atoms with Gasteiger partial charge < -0.3 is 43.7 Å². The molecule has 0 N–H and O–H groups in total. The zero-order chi connectivity index (χ0) is 9.19.